The van der Waals surface area contributed by atoms with Crippen molar-refractivity contribution in [2.24, 2.45) is 5.41 Å². The molecule has 1 saturated heterocycles. The molecule has 0 aliphatic carbocycles. The number of carbonyl (C=O) groups is 2. The number of hydrogen-bond donors (Lipinski definition) is 1. The molecular formula is C25H26N4O2. The minimum atomic E-state index is -0.665. The van der Waals surface area contributed by atoms with Crippen molar-refractivity contribution in [1.29, 1.82) is 0 Å². The molecule has 1 aliphatic rings. The van der Waals surface area contributed by atoms with Crippen LogP contribution >= 0.6 is 0 Å². The van der Waals surface area contributed by atoms with Gasteiger partial charge in [-0.3, -0.25) is 19.6 Å². The van der Waals surface area contributed by atoms with Gasteiger partial charge in [0.05, 0.1) is 11.0 Å². The van der Waals surface area contributed by atoms with Crippen LogP contribution in [-0.4, -0.2) is 46.8 Å². The summed E-state index contributed by atoms with van der Waals surface area (Å²) in [6, 6.07) is 15.7. The molecule has 1 aromatic carbocycles. The summed E-state index contributed by atoms with van der Waals surface area (Å²) in [6.07, 6.45) is 8.87. The summed E-state index contributed by atoms with van der Waals surface area (Å²) in [7, 11) is 1.67. The number of pyridine rings is 2. The molecule has 6 nitrogen and oxygen atoms in total. The molecule has 0 saturated carbocycles. The number of benzene rings is 1. The molecule has 1 N–H and O–H groups in total. The maximum absolute atomic E-state index is 13.1. The van der Waals surface area contributed by atoms with Crippen LogP contribution in [0.2, 0.25) is 0 Å². The van der Waals surface area contributed by atoms with Gasteiger partial charge in [0, 0.05) is 44.9 Å². The molecule has 6 heteroatoms. The molecule has 158 valence electrons. The molecular weight excluding hydrogens is 388 g/mol. The van der Waals surface area contributed by atoms with E-state index in [9.17, 15) is 9.59 Å². The van der Waals surface area contributed by atoms with Crippen molar-refractivity contribution in [3.05, 3.63) is 84.4 Å². The van der Waals surface area contributed by atoms with Gasteiger partial charge in [-0.2, -0.15) is 0 Å². The van der Waals surface area contributed by atoms with Gasteiger partial charge in [0.1, 0.15) is 0 Å². The lowest BCUT2D eigenvalue weighted by molar-refractivity contribution is -0.133. The third kappa shape index (κ3) is 4.48. The molecule has 3 aromatic rings. The third-order valence-corrected chi connectivity index (χ3v) is 5.96. The van der Waals surface area contributed by atoms with Gasteiger partial charge in [-0.25, -0.2) is 0 Å². The van der Waals surface area contributed by atoms with Crippen LogP contribution < -0.4 is 5.32 Å². The Bertz CT molecular complexity index is 1060. The largest absolute Gasteiger partial charge is 0.359 e. The highest BCUT2D eigenvalue weighted by Crippen LogP contribution is 2.35. The molecule has 1 atom stereocenters. The van der Waals surface area contributed by atoms with Gasteiger partial charge in [0.2, 0.25) is 5.91 Å². The molecule has 1 aliphatic heterocycles. The number of hydrogen-bond acceptors (Lipinski definition) is 4. The summed E-state index contributed by atoms with van der Waals surface area (Å²) < 4.78 is 0. The first-order chi connectivity index (χ1) is 15.1. The quantitative estimate of drug-likeness (QED) is 0.695. The van der Waals surface area contributed by atoms with Gasteiger partial charge < -0.3 is 10.2 Å². The van der Waals surface area contributed by atoms with Crippen LogP contribution in [0.25, 0.3) is 11.1 Å². The van der Waals surface area contributed by atoms with Crippen molar-refractivity contribution in [3.8, 4) is 11.1 Å². The van der Waals surface area contributed by atoms with Gasteiger partial charge in [-0.15, -0.1) is 0 Å². The number of likely N-dealkylation sites (tertiary alicyclic amines) is 1. The van der Waals surface area contributed by atoms with Crippen molar-refractivity contribution < 1.29 is 9.59 Å². The van der Waals surface area contributed by atoms with Crippen molar-refractivity contribution >= 4 is 11.8 Å². The van der Waals surface area contributed by atoms with E-state index >= 15 is 0 Å². The molecule has 0 radical (unpaired) electrons. The SMILES string of the molecule is CNC(=O)[C@@]1(Cc2cccc(-c3ccncc3)c2)CCCN(C(=O)c2cccnc2)C1. The minimum Gasteiger partial charge on any atom is -0.359 e. The van der Waals surface area contributed by atoms with Crippen molar-refractivity contribution in [2.45, 2.75) is 19.3 Å². The van der Waals surface area contributed by atoms with Gasteiger partial charge in [0.15, 0.2) is 0 Å². The first kappa shape index (κ1) is 20.7. The lowest BCUT2D eigenvalue weighted by atomic mass is 9.74. The second kappa shape index (κ2) is 9.08. The van der Waals surface area contributed by atoms with E-state index in [0.29, 0.717) is 25.1 Å². The second-order valence-electron chi connectivity index (χ2n) is 8.04. The van der Waals surface area contributed by atoms with Crippen LogP contribution in [0.4, 0.5) is 0 Å². The summed E-state index contributed by atoms with van der Waals surface area (Å²) in [5, 5.41) is 2.84. The molecule has 0 bridgehead atoms. The van der Waals surface area contributed by atoms with Crippen LogP contribution in [0, 0.1) is 5.41 Å². The third-order valence-electron chi connectivity index (χ3n) is 5.96. The van der Waals surface area contributed by atoms with E-state index in [-0.39, 0.29) is 11.8 Å². The molecule has 31 heavy (non-hydrogen) atoms. The Hall–Kier alpha value is -3.54. The Labute approximate surface area is 182 Å². The number of amides is 2. The van der Waals surface area contributed by atoms with Gasteiger partial charge in [-0.1, -0.05) is 24.3 Å². The van der Waals surface area contributed by atoms with E-state index in [1.807, 2.05) is 18.2 Å². The van der Waals surface area contributed by atoms with Gasteiger partial charge in [-0.05, 0) is 60.2 Å². The number of piperidine rings is 1. The van der Waals surface area contributed by atoms with Gasteiger partial charge in [0.25, 0.3) is 5.91 Å². The van der Waals surface area contributed by atoms with E-state index in [1.165, 1.54) is 0 Å². The lowest BCUT2D eigenvalue weighted by Crippen LogP contribution is -2.54. The number of aromatic nitrogens is 2. The Morgan fingerprint density at radius 1 is 1.03 bits per heavy atom. The van der Waals surface area contributed by atoms with Crippen LogP contribution in [-0.2, 0) is 11.2 Å². The predicted octanol–water partition coefficient (Wildman–Crippen LogP) is 3.35. The molecule has 0 unspecified atom stereocenters. The standard InChI is InChI=1S/C25H26N4O2/c1-26-24(31)25(10-4-14-29(18-25)23(30)22-7-3-11-28-17-22)16-19-5-2-6-21(15-19)20-8-12-27-13-9-20/h2-3,5-9,11-13,15,17H,4,10,14,16,18H2,1H3,(H,26,31)/t25-/m1/s1. The van der Waals surface area contributed by atoms with Gasteiger partial charge >= 0.3 is 0 Å². The highest BCUT2D eigenvalue weighted by molar-refractivity contribution is 5.94. The maximum Gasteiger partial charge on any atom is 0.255 e. The first-order valence-electron chi connectivity index (χ1n) is 10.5. The molecule has 0 spiro atoms. The molecule has 4 rings (SSSR count). The number of carbonyl (C=O) groups excluding carboxylic acids is 2. The van der Waals surface area contributed by atoms with Crippen LogP contribution in [0.5, 0.6) is 0 Å². The normalized spacial score (nSPS) is 18.4. The van der Waals surface area contributed by atoms with Crippen molar-refractivity contribution in [2.75, 3.05) is 20.1 Å². The second-order valence-corrected chi connectivity index (χ2v) is 8.04. The number of rotatable bonds is 5. The highest BCUT2D eigenvalue weighted by Gasteiger charge is 2.43. The summed E-state index contributed by atoms with van der Waals surface area (Å²) in [5.41, 5.74) is 3.14. The van der Waals surface area contributed by atoms with E-state index in [2.05, 4.69) is 33.5 Å². The molecule has 1 fully saturated rings. The first-order valence-corrected chi connectivity index (χ1v) is 10.5. The van der Waals surface area contributed by atoms with Crippen LogP contribution in [0.3, 0.4) is 0 Å². The van der Waals surface area contributed by atoms with E-state index in [4.69, 9.17) is 0 Å². The number of nitrogens with one attached hydrogen (secondary N) is 1. The zero-order valence-electron chi connectivity index (χ0n) is 17.6. The summed E-state index contributed by atoms with van der Waals surface area (Å²) in [5.74, 6) is -0.0999. The predicted molar refractivity (Wildman–Crippen MR) is 119 cm³/mol. The summed E-state index contributed by atoms with van der Waals surface area (Å²) >= 11 is 0. The average molecular weight is 415 g/mol. The topological polar surface area (TPSA) is 75.2 Å². The maximum atomic E-state index is 13.1. The zero-order chi connectivity index (χ0) is 21.7. The molecule has 3 heterocycles. The smallest absolute Gasteiger partial charge is 0.255 e. The highest BCUT2D eigenvalue weighted by atomic mass is 16.2. The molecule has 2 aromatic heterocycles. The fourth-order valence-electron chi connectivity index (χ4n) is 4.45. The Balaban J connectivity index is 1.61. The Morgan fingerprint density at radius 3 is 2.61 bits per heavy atom. The van der Waals surface area contributed by atoms with Crippen LogP contribution in [0.1, 0.15) is 28.8 Å². The minimum absolute atomic E-state index is 0.0227. The summed E-state index contributed by atoms with van der Waals surface area (Å²) in [4.78, 5) is 36.1. The Kier molecular flexibility index (Phi) is 6.07. The fraction of sp³-hybridized carbons (Fsp3) is 0.280. The zero-order valence-corrected chi connectivity index (χ0v) is 17.6. The van der Waals surface area contributed by atoms with Crippen LogP contribution in [0.15, 0.2) is 73.3 Å². The Morgan fingerprint density at radius 2 is 1.87 bits per heavy atom. The van der Waals surface area contributed by atoms with E-state index < -0.39 is 5.41 Å². The van der Waals surface area contributed by atoms with Crippen molar-refractivity contribution in [1.82, 2.24) is 20.2 Å². The van der Waals surface area contributed by atoms with Crippen molar-refractivity contribution in [3.63, 3.8) is 0 Å². The fourth-order valence-corrected chi connectivity index (χ4v) is 4.45. The lowest BCUT2D eigenvalue weighted by Gasteiger charge is -2.41. The van der Waals surface area contributed by atoms with E-state index in [0.717, 1.165) is 29.5 Å². The average Bonchev–Trinajstić information content (AvgIpc) is 2.84. The van der Waals surface area contributed by atoms with E-state index in [1.54, 1.807) is 48.9 Å². The monoisotopic (exact) mass is 414 g/mol. The summed E-state index contributed by atoms with van der Waals surface area (Å²) in [6.45, 7) is 1.03. The number of nitrogens with zero attached hydrogens (tertiary/aromatic N) is 3. The molecule has 2 amide bonds.